The van der Waals surface area contributed by atoms with E-state index in [2.05, 4.69) is 15.4 Å². The number of ether oxygens (including phenoxy) is 1. The Kier molecular flexibility index (Phi) is 6.16. The largest absolute Gasteiger partial charge is 0.454 e. The molecule has 0 aliphatic heterocycles. The number of para-hydroxylation sites is 1. The summed E-state index contributed by atoms with van der Waals surface area (Å²) in [6.07, 6.45) is 0. The molecule has 0 atom stereocenters. The molecule has 2 aromatic carbocycles. The number of nitrogens with one attached hydrogen (secondary N) is 2. The monoisotopic (exact) mass is 348 g/mol. The summed E-state index contributed by atoms with van der Waals surface area (Å²) in [5.41, 5.74) is 0.00746. The maximum atomic E-state index is 13.4. The molecule has 0 aromatic heterocycles. The fourth-order valence-corrected chi connectivity index (χ4v) is 1.83. The summed E-state index contributed by atoms with van der Waals surface area (Å²) in [7, 11) is 0. The topological polar surface area (TPSA) is 84.5 Å². The quantitative estimate of drug-likeness (QED) is 0.781. The van der Waals surface area contributed by atoms with Crippen molar-refractivity contribution in [3.63, 3.8) is 0 Å². The van der Waals surface area contributed by atoms with E-state index in [0.29, 0.717) is 0 Å². The lowest BCUT2D eigenvalue weighted by molar-refractivity contribution is -0.146. The third-order valence-corrected chi connectivity index (χ3v) is 2.99. The van der Waals surface area contributed by atoms with E-state index in [0.717, 1.165) is 6.07 Å². The van der Waals surface area contributed by atoms with Crippen LogP contribution in [0, 0.1) is 11.6 Å². The van der Waals surface area contributed by atoms with Gasteiger partial charge in [0.25, 0.3) is 11.8 Å². The number of benzene rings is 2. The van der Waals surface area contributed by atoms with E-state index in [4.69, 9.17) is 0 Å². The van der Waals surface area contributed by atoms with E-state index in [-0.39, 0.29) is 11.3 Å². The number of esters is 1. The van der Waals surface area contributed by atoms with Crippen LogP contribution in [0.3, 0.4) is 0 Å². The second kappa shape index (κ2) is 8.53. The smallest absolute Gasteiger partial charge is 0.325 e. The molecule has 2 aromatic rings. The Morgan fingerprint density at radius 2 is 1.76 bits per heavy atom. The summed E-state index contributed by atoms with van der Waals surface area (Å²) in [4.78, 5) is 34.8. The molecular formula is C17H14F2N2O4. The van der Waals surface area contributed by atoms with Gasteiger partial charge < -0.3 is 15.4 Å². The highest BCUT2D eigenvalue weighted by molar-refractivity contribution is 5.96. The van der Waals surface area contributed by atoms with Crippen molar-refractivity contribution >= 4 is 23.5 Å². The number of rotatable bonds is 6. The highest BCUT2D eigenvalue weighted by Crippen LogP contribution is 2.11. The van der Waals surface area contributed by atoms with Gasteiger partial charge >= 0.3 is 5.97 Å². The van der Waals surface area contributed by atoms with E-state index in [1.54, 1.807) is 0 Å². The highest BCUT2D eigenvalue weighted by atomic mass is 19.1. The molecule has 2 amide bonds. The Labute approximate surface area is 141 Å². The van der Waals surface area contributed by atoms with Crippen LogP contribution < -0.4 is 10.6 Å². The minimum absolute atomic E-state index is 0.0389. The van der Waals surface area contributed by atoms with Crippen LogP contribution in [0.2, 0.25) is 0 Å². The second-order valence-corrected chi connectivity index (χ2v) is 4.88. The molecule has 0 aliphatic carbocycles. The first-order valence-corrected chi connectivity index (χ1v) is 7.19. The lowest BCUT2D eigenvalue weighted by Crippen LogP contribution is -2.32. The first-order valence-electron chi connectivity index (χ1n) is 7.19. The number of carbonyl (C=O) groups is 3. The molecule has 0 aliphatic rings. The van der Waals surface area contributed by atoms with Gasteiger partial charge in [-0.2, -0.15) is 0 Å². The van der Waals surface area contributed by atoms with Gasteiger partial charge in [-0.15, -0.1) is 0 Å². The Morgan fingerprint density at radius 3 is 2.48 bits per heavy atom. The van der Waals surface area contributed by atoms with Gasteiger partial charge in [0, 0.05) is 5.56 Å². The number of hydrogen-bond acceptors (Lipinski definition) is 4. The molecule has 0 saturated heterocycles. The van der Waals surface area contributed by atoms with E-state index in [1.807, 2.05) is 0 Å². The molecule has 0 heterocycles. The Hall–Kier alpha value is -3.29. The summed E-state index contributed by atoms with van der Waals surface area (Å²) in [6, 6.07) is 10.5. The maximum Gasteiger partial charge on any atom is 0.325 e. The minimum atomic E-state index is -0.867. The minimum Gasteiger partial charge on any atom is -0.454 e. The normalized spacial score (nSPS) is 10.0. The molecule has 6 nitrogen and oxygen atoms in total. The third kappa shape index (κ3) is 5.69. The predicted octanol–water partition coefficient (Wildman–Crippen LogP) is 1.88. The van der Waals surface area contributed by atoms with E-state index >= 15 is 0 Å². The van der Waals surface area contributed by atoms with Gasteiger partial charge in [-0.05, 0) is 30.3 Å². The Morgan fingerprint density at radius 1 is 1.00 bits per heavy atom. The molecular weight excluding hydrogens is 334 g/mol. The number of halogens is 2. The van der Waals surface area contributed by atoms with Crippen LogP contribution >= 0.6 is 0 Å². The van der Waals surface area contributed by atoms with Crippen LogP contribution in [0.25, 0.3) is 0 Å². The molecule has 0 fully saturated rings. The van der Waals surface area contributed by atoms with Gasteiger partial charge in [0.1, 0.15) is 18.2 Å². The molecule has 25 heavy (non-hydrogen) atoms. The third-order valence-electron chi connectivity index (χ3n) is 2.99. The predicted molar refractivity (Wildman–Crippen MR) is 84.7 cm³/mol. The average Bonchev–Trinajstić information content (AvgIpc) is 2.60. The van der Waals surface area contributed by atoms with Crippen molar-refractivity contribution in [3.8, 4) is 0 Å². The summed E-state index contributed by atoms with van der Waals surface area (Å²) < 4.78 is 31.0. The Bertz CT molecular complexity index is 796. The van der Waals surface area contributed by atoms with Crippen LogP contribution in [0.15, 0.2) is 48.5 Å². The molecule has 130 valence electrons. The van der Waals surface area contributed by atoms with Crippen LogP contribution in [-0.2, 0) is 14.3 Å². The van der Waals surface area contributed by atoms with Crippen molar-refractivity contribution in [1.29, 1.82) is 0 Å². The van der Waals surface area contributed by atoms with Gasteiger partial charge in [-0.1, -0.05) is 18.2 Å². The number of anilines is 1. The van der Waals surface area contributed by atoms with Gasteiger partial charge in [0.05, 0.1) is 5.69 Å². The zero-order valence-electron chi connectivity index (χ0n) is 12.9. The SMILES string of the molecule is O=C(COC(=O)CNC(=O)c1cccc(F)c1)Nc1ccccc1F. The van der Waals surface area contributed by atoms with Crippen LogP contribution in [0.4, 0.5) is 14.5 Å². The van der Waals surface area contributed by atoms with E-state index < -0.39 is 42.6 Å². The van der Waals surface area contributed by atoms with Crippen molar-refractivity contribution in [2.75, 3.05) is 18.5 Å². The maximum absolute atomic E-state index is 13.4. The lowest BCUT2D eigenvalue weighted by atomic mass is 10.2. The molecule has 0 radical (unpaired) electrons. The fraction of sp³-hybridized carbons (Fsp3) is 0.118. The molecule has 2 N–H and O–H groups in total. The van der Waals surface area contributed by atoms with Crippen LogP contribution in [-0.4, -0.2) is 30.9 Å². The Balaban J connectivity index is 1.74. The summed E-state index contributed by atoms with van der Waals surface area (Å²) >= 11 is 0. The van der Waals surface area contributed by atoms with Crippen molar-refractivity contribution in [2.45, 2.75) is 0 Å². The summed E-state index contributed by atoms with van der Waals surface area (Å²) in [5.74, 6) is -3.46. The second-order valence-electron chi connectivity index (χ2n) is 4.88. The highest BCUT2D eigenvalue weighted by Gasteiger charge is 2.12. The van der Waals surface area contributed by atoms with Gasteiger partial charge in [0.2, 0.25) is 0 Å². The van der Waals surface area contributed by atoms with Gasteiger partial charge in [-0.3, -0.25) is 14.4 Å². The van der Waals surface area contributed by atoms with Crippen molar-refractivity contribution < 1.29 is 27.9 Å². The number of amides is 2. The van der Waals surface area contributed by atoms with Crippen molar-refractivity contribution in [3.05, 3.63) is 65.7 Å². The average molecular weight is 348 g/mol. The molecule has 0 spiro atoms. The van der Waals surface area contributed by atoms with Gasteiger partial charge in [0.15, 0.2) is 6.61 Å². The van der Waals surface area contributed by atoms with Crippen LogP contribution in [0.5, 0.6) is 0 Å². The lowest BCUT2D eigenvalue weighted by Gasteiger charge is -2.08. The zero-order chi connectivity index (χ0) is 18.2. The molecule has 0 unspecified atom stereocenters. The standard InChI is InChI=1S/C17H14F2N2O4/c18-12-5-3-4-11(8-12)17(24)20-9-16(23)25-10-15(22)21-14-7-2-1-6-13(14)19/h1-8H,9-10H2,(H,20,24)(H,21,22). The van der Waals surface area contributed by atoms with Crippen LogP contribution in [0.1, 0.15) is 10.4 Å². The first kappa shape index (κ1) is 18.1. The van der Waals surface area contributed by atoms with Crippen molar-refractivity contribution in [1.82, 2.24) is 5.32 Å². The van der Waals surface area contributed by atoms with E-state index in [1.165, 1.54) is 42.5 Å². The number of hydrogen-bond donors (Lipinski definition) is 2. The molecule has 0 saturated carbocycles. The fourth-order valence-electron chi connectivity index (χ4n) is 1.83. The molecule has 8 heteroatoms. The van der Waals surface area contributed by atoms with Crippen molar-refractivity contribution in [2.24, 2.45) is 0 Å². The molecule has 0 bridgehead atoms. The zero-order valence-corrected chi connectivity index (χ0v) is 12.9. The first-order chi connectivity index (χ1) is 12.0. The number of carbonyl (C=O) groups excluding carboxylic acids is 3. The summed E-state index contributed by atoms with van der Waals surface area (Å²) in [5, 5.41) is 4.48. The van der Waals surface area contributed by atoms with Gasteiger partial charge in [-0.25, -0.2) is 8.78 Å². The molecule has 2 rings (SSSR count). The van der Waals surface area contributed by atoms with E-state index in [9.17, 15) is 23.2 Å². The summed E-state index contributed by atoms with van der Waals surface area (Å²) in [6.45, 7) is -1.13.